The van der Waals surface area contributed by atoms with Crippen LogP contribution in [-0.2, 0) is 0 Å². The van der Waals surface area contributed by atoms with E-state index in [-0.39, 0.29) is 18.7 Å². The van der Waals surface area contributed by atoms with E-state index in [0.717, 1.165) is 28.3 Å². The predicted octanol–water partition coefficient (Wildman–Crippen LogP) is 4.66. The average Bonchev–Trinajstić information content (AvgIpc) is 3.34. The molecule has 5 nitrogen and oxygen atoms in total. The van der Waals surface area contributed by atoms with E-state index in [4.69, 9.17) is 28.2 Å². The summed E-state index contributed by atoms with van der Waals surface area (Å²) < 4.78 is 6.27. The molecule has 3 aromatic rings. The van der Waals surface area contributed by atoms with E-state index in [2.05, 4.69) is 15.2 Å². The first kappa shape index (κ1) is 19.9. The molecule has 1 aliphatic rings. The smallest absolute Gasteiger partial charge is 0.170 e. The predicted molar refractivity (Wildman–Crippen MR) is 118 cm³/mol. The number of pyridine rings is 1. The van der Waals surface area contributed by atoms with Crippen LogP contribution in [0.2, 0.25) is 5.02 Å². The Morgan fingerprint density at radius 3 is 2.83 bits per heavy atom. The minimum Gasteiger partial charge on any atom is -0.459 e. The van der Waals surface area contributed by atoms with E-state index in [1.165, 1.54) is 0 Å². The van der Waals surface area contributed by atoms with Crippen molar-refractivity contribution < 1.29 is 9.52 Å². The summed E-state index contributed by atoms with van der Waals surface area (Å²) in [6, 6.07) is 15.4. The molecule has 0 bridgehead atoms. The monoisotopic (exact) mass is 427 g/mol. The summed E-state index contributed by atoms with van der Waals surface area (Å²) in [6.07, 6.45) is 2.39. The van der Waals surface area contributed by atoms with Crippen LogP contribution in [0.3, 0.4) is 0 Å². The van der Waals surface area contributed by atoms with Gasteiger partial charge in [0.25, 0.3) is 0 Å². The lowest BCUT2D eigenvalue weighted by atomic mass is 10.0. The Morgan fingerprint density at radius 2 is 2.10 bits per heavy atom. The van der Waals surface area contributed by atoms with Gasteiger partial charge in [-0.2, -0.15) is 0 Å². The molecule has 0 amide bonds. The second-order valence-corrected chi connectivity index (χ2v) is 7.86. The number of aliphatic hydroxyl groups is 1. The zero-order chi connectivity index (χ0) is 20.4. The Labute approximate surface area is 180 Å². The molecule has 2 atom stereocenters. The van der Waals surface area contributed by atoms with Crippen molar-refractivity contribution in [3.63, 3.8) is 0 Å². The van der Waals surface area contributed by atoms with Crippen molar-refractivity contribution in [3.8, 4) is 11.3 Å². The molecule has 2 aromatic heterocycles. The zero-order valence-electron chi connectivity index (χ0n) is 16.0. The highest BCUT2D eigenvalue weighted by atomic mass is 35.5. The number of aryl methyl sites for hydroxylation is 1. The number of rotatable bonds is 6. The van der Waals surface area contributed by atoms with Gasteiger partial charge in [-0.15, -0.1) is 0 Å². The number of benzene rings is 1. The fourth-order valence-electron chi connectivity index (χ4n) is 3.61. The molecule has 0 spiro atoms. The zero-order valence-corrected chi connectivity index (χ0v) is 17.6. The van der Waals surface area contributed by atoms with E-state index >= 15 is 0 Å². The number of hydrogen-bond acceptors (Lipinski definition) is 4. The van der Waals surface area contributed by atoms with Gasteiger partial charge in [-0.25, -0.2) is 0 Å². The molecule has 1 fully saturated rings. The molecular weight excluding hydrogens is 406 g/mol. The molecule has 1 aliphatic heterocycles. The summed E-state index contributed by atoms with van der Waals surface area (Å²) >= 11 is 11.9. The first-order chi connectivity index (χ1) is 14.1. The van der Waals surface area contributed by atoms with E-state index in [1.54, 1.807) is 6.20 Å². The number of aromatic nitrogens is 1. The number of halogens is 1. The summed E-state index contributed by atoms with van der Waals surface area (Å²) in [5.41, 5.74) is 2.84. The van der Waals surface area contributed by atoms with E-state index in [0.29, 0.717) is 23.1 Å². The lowest BCUT2D eigenvalue weighted by molar-refractivity contribution is 0.233. The van der Waals surface area contributed by atoms with Gasteiger partial charge in [0.2, 0.25) is 0 Å². The van der Waals surface area contributed by atoms with E-state index in [1.807, 2.05) is 55.5 Å². The maximum atomic E-state index is 9.32. The molecule has 0 unspecified atom stereocenters. The molecule has 0 aliphatic carbocycles. The second-order valence-electron chi connectivity index (χ2n) is 7.06. The van der Waals surface area contributed by atoms with Crippen LogP contribution >= 0.6 is 23.8 Å². The van der Waals surface area contributed by atoms with Gasteiger partial charge in [0.1, 0.15) is 17.6 Å². The van der Waals surface area contributed by atoms with Crippen LogP contribution in [-0.4, -0.2) is 33.3 Å². The summed E-state index contributed by atoms with van der Waals surface area (Å²) in [5, 5.41) is 14.0. The van der Waals surface area contributed by atoms with Crippen molar-refractivity contribution in [2.75, 3.05) is 13.2 Å². The molecular formula is C22H22ClN3O2S. The maximum absolute atomic E-state index is 9.32. The molecule has 7 heteroatoms. The van der Waals surface area contributed by atoms with E-state index in [9.17, 15) is 5.11 Å². The van der Waals surface area contributed by atoms with Gasteiger partial charge < -0.3 is 19.7 Å². The fraction of sp³-hybridized carbons (Fsp3) is 0.273. The van der Waals surface area contributed by atoms with Gasteiger partial charge in [0.15, 0.2) is 5.11 Å². The number of nitrogens with zero attached hydrogens (tertiary/aromatic N) is 2. The normalized spacial score (nSPS) is 18.9. The molecule has 150 valence electrons. The molecule has 1 saturated heterocycles. The van der Waals surface area contributed by atoms with Crippen molar-refractivity contribution >= 4 is 28.9 Å². The van der Waals surface area contributed by atoms with Gasteiger partial charge >= 0.3 is 0 Å². The first-order valence-corrected chi connectivity index (χ1v) is 10.3. The lowest BCUT2D eigenvalue weighted by Crippen LogP contribution is -2.30. The van der Waals surface area contributed by atoms with Gasteiger partial charge in [-0.05, 0) is 61.5 Å². The Morgan fingerprint density at radius 1 is 1.24 bits per heavy atom. The van der Waals surface area contributed by atoms with Crippen LogP contribution in [0.4, 0.5) is 0 Å². The van der Waals surface area contributed by atoms with E-state index < -0.39 is 0 Å². The van der Waals surface area contributed by atoms with Gasteiger partial charge in [-0.3, -0.25) is 4.98 Å². The van der Waals surface area contributed by atoms with Crippen molar-refractivity contribution in [2.45, 2.75) is 25.4 Å². The van der Waals surface area contributed by atoms with Crippen LogP contribution in [0.1, 0.15) is 35.5 Å². The molecule has 4 rings (SSSR count). The number of furan rings is 1. The number of aliphatic hydroxyl groups excluding tert-OH is 1. The number of thiocarbonyl (C=S) groups is 1. The van der Waals surface area contributed by atoms with Crippen LogP contribution < -0.4 is 5.32 Å². The summed E-state index contributed by atoms with van der Waals surface area (Å²) in [4.78, 5) is 6.58. The Kier molecular flexibility index (Phi) is 5.85. The highest BCUT2D eigenvalue weighted by molar-refractivity contribution is 7.80. The van der Waals surface area contributed by atoms with Crippen molar-refractivity contribution in [3.05, 3.63) is 76.8 Å². The highest BCUT2D eigenvalue weighted by Crippen LogP contribution is 2.40. The topological polar surface area (TPSA) is 61.5 Å². The molecule has 3 heterocycles. The minimum absolute atomic E-state index is 0.103. The molecule has 1 aromatic carbocycles. The number of nitrogens with one attached hydrogen (secondary N) is 1. The van der Waals surface area contributed by atoms with Crippen LogP contribution in [0.25, 0.3) is 11.3 Å². The third-order valence-electron chi connectivity index (χ3n) is 5.13. The molecule has 0 radical (unpaired) electrons. The quantitative estimate of drug-likeness (QED) is 0.558. The minimum atomic E-state index is -0.154. The third kappa shape index (κ3) is 4.01. The Bertz CT molecular complexity index is 1010. The lowest BCUT2D eigenvalue weighted by Gasteiger charge is -2.25. The van der Waals surface area contributed by atoms with Crippen LogP contribution in [0.5, 0.6) is 0 Å². The van der Waals surface area contributed by atoms with Crippen molar-refractivity contribution in [2.24, 2.45) is 0 Å². The maximum Gasteiger partial charge on any atom is 0.170 e. The third-order valence-corrected chi connectivity index (χ3v) is 5.89. The number of hydrogen-bond donors (Lipinski definition) is 2. The fourth-order valence-corrected chi connectivity index (χ4v) is 4.12. The first-order valence-electron chi connectivity index (χ1n) is 9.53. The summed E-state index contributed by atoms with van der Waals surface area (Å²) in [6.45, 7) is 2.70. The average molecular weight is 428 g/mol. The summed E-state index contributed by atoms with van der Waals surface area (Å²) in [7, 11) is 0. The Balaban J connectivity index is 1.71. The molecule has 29 heavy (non-hydrogen) atoms. The molecule has 2 N–H and O–H groups in total. The van der Waals surface area contributed by atoms with Crippen LogP contribution in [0.15, 0.2) is 59.1 Å². The standard InChI is InChI=1S/C22H22ClN3O2S/c1-14-6-7-15(13-16(14)23)18-8-9-19(28-18)21-20(17-5-2-3-10-24-17)25-22(29)26(21)11-4-12-27/h2-3,5-10,13,20-21,27H,4,11-12H2,1H3,(H,25,29)/t20-,21-/m0/s1. The van der Waals surface area contributed by atoms with Gasteiger partial charge in [-0.1, -0.05) is 29.8 Å². The van der Waals surface area contributed by atoms with Crippen molar-refractivity contribution in [1.29, 1.82) is 0 Å². The Hall–Kier alpha value is -2.41. The van der Waals surface area contributed by atoms with Gasteiger partial charge in [0.05, 0.1) is 11.7 Å². The second kappa shape index (κ2) is 8.53. The van der Waals surface area contributed by atoms with Gasteiger partial charge in [0, 0.05) is 29.9 Å². The van der Waals surface area contributed by atoms with Crippen molar-refractivity contribution in [1.82, 2.24) is 15.2 Å². The largest absolute Gasteiger partial charge is 0.459 e. The molecule has 0 saturated carbocycles. The summed E-state index contributed by atoms with van der Waals surface area (Å²) in [5.74, 6) is 1.54. The SMILES string of the molecule is Cc1ccc(-c2ccc([C@H]3[C@H](c4ccccn4)NC(=S)N3CCCO)o2)cc1Cl. The van der Waals surface area contributed by atoms with Crippen LogP contribution in [0, 0.1) is 6.92 Å². The highest BCUT2D eigenvalue weighted by Gasteiger charge is 2.41.